The summed E-state index contributed by atoms with van der Waals surface area (Å²) in [7, 11) is 0. The predicted octanol–water partition coefficient (Wildman–Crippen LogP) is 4.71. The van der Waals surface area contributed by atoms with Crippen LogP contribution >= 0.6 is 39.1 Å². The molecule has 0 radical (unpaired) electrons. The molecule has 0 N–H and O–H groups in total. The Bertz CT molecular complexity index is 822. The highest BCUT2D eigenvalue weighted by Gasteiger charge is 2.20. The average Bonchev–Trinajstić information content (AvgIpc) is 2.97. The first-order chi connectivity index (χ1) is 10.1. The van der Waals surface area contributed by atoms with E-state index in [0.29, 0.717) is 10.9 Å². The van der Waals surface area contributed by atoms with Crippen molar-refractivity contribution in [1.29, 1.82) is 0 Å². The molecular formula is C14H13BrCl2N4. The van der Waals surface area contributed by atoms with Gasteiger partial charge in [0.05, 0.1) is 22.3 Å². The zero-order chi connectivity index (χ0) is 15.1. The average molecular weight is 388 g/mol. The van der Waals surface area contributed by atoms with Crippen LogP contribution in [0, 0.1) is 6.92 Å². The van der Waals surface area contributed by atoms with Gasteiger partial charge in [0.25, 0.3) is 0 Å². The maximum atomic E-state index is 6.40. The molecule has 7 heteroatoms. The molecule has 110 valence electrons. The maximum absolute atomic E-state index is 6.40. The second kappa shape index (κ2) is 5.63. The summed E-state index contributed by atoms with van der Waals surface area (Å²) >= 11 is 15.9. The topological polar surface area (TPSA) is 35.6 Å². The first kappa shape index (κ1) is 14.9. The first-order valence-corrected chi connectivity index (χ1v) is 8.23. The quantitative estimate of drug-likeness (QED) is 0.610. The van der Waals surface area contributed by atoms with Crippen molar-refractivity contribution < 1.29 is 0 Å². The number of hydrogen-bond acceptors (Lipinski definition) is 2. The van der Waals surface area contributed by atoms with Crippen molar-refractivity contribution in [2.45, 2.75) is 26.3 Å². The van der Waals surface area contributed by atoms with Crippen molar-refractivity contribution >= 4 is 50.3 Å². The second-order valence-electron chi connectivity index (χ2n) is 4.67. The molecule has 0 fully saturated rings. The van der Waals surface area contributed by atoms with Crippen molar-refractivity contribution in [2.24, 2.45) is 0 Å². The molecule has 0 aliphatic rings. The third-order valence-electron chi connectivity index (χ3n) is 3.35. The number of nitrogens with zero attached hydrogens (tertiary/aromatic N) is 4. The lowest BCUT2D eigenvalue weighted by Crippen LogP contribution is -2.06. The van der Waals surface area contributed by atoms with Gasteiger partial charge in [-0.3, -0.25) is 4.57 Å². The fourth-order valence-electron chi connectivity index (χ4n) is 2.44. The second-order valence-corrected chi connectivity index (χ2v) is 6.26. The molecule has 2 aromatic heterocycles. The lowest BCUT2D eigenvalue weighted by Gasteiger charge is -2.11. The van der Waals surface area contributed by atoms with E-state index in [4.69, 9.17) is 23.2 Å². The van der Waals surface area contributed by atoms with Crippen LogP contribution < -0.4 is 0 Å². The third kappa shape index (κ3) is 2.37. The summed E-state index contributed by atoms with van der Waals surface area (Å²) in [4.78, 5) is 4.62. The molecule has 0 saturated heterocycles. The Labute approximate surface area is 140 Å². The number of halogens is 3. The van der Waals surface area contributed by atoms with E-state index in [0.717, 1.165) is 39.4 Å². The predicted molar refractivity (Wildman–Crippen MR) is 89.5 cm³/mol. The van der Waals surface area contributed by atoms with Crippen LogP contribution in [0.25, 0.3) is 16.9 Å². The molecule has 2 heterocycles. The number of aromatic nitrogens is 4. The van der Waals surface area contributed by atoms with Gasteiger partial charge in [0, 0.05) is 11.0 Å². The Hall–Kier alpha value is -1.04. The van der Waals surface area contributed by atoms with E-state index < -0.39 is 0 Å². The van der Waals surface area contributed by atoms with E-state index in [1.807, 2.05) is 41.3 Å². The fraction of sp³-hybridized carbons (Fsp3) is 0.286. The lowest BCUT2D eigenvalue weighted by molar-refractivity contribution is 0.660. The van der Waals surface area contributed by atoms with Gasteiger partial charge in [-0.1, -0.05) is 27.5 Å². The van der Waals surface area contributed by atoms with Gasteiger partial charge in [-0.25, -0.2) is 9.67 Å². The van der Waals surface area contributed by atoms with Gasteiger partial charge in [-0.15, -0.1) is 11.6 Å². The minimum atomic E-state index is 0.310. The molecule has 21 heavy (non-hydrogen) atoms. The van der Waals surface area contributed by atoms with E-state index in [1.54, 1.807) is 0 Å². The number of hydrogen-bond donors (Lipinski definition) is 0. The fourth-order valence-corrected chi connectivity index (χ4v) is 3.38. The van der Waals surface area contributed by atoms with Crippen LogP contribution in [-0.4, -0.2) is 19.3 Å². The maximum Gasteiger partial charge on any atom is 0.163 e. The molecule has 0 aliphatic heterocycles. The molecule has 0 atom stereocenters. The number of fused-ring (bicyclic) bond motifs is 1. The van der Waals surface area contributed by atoms with Gasteiger partial charge in [-0.2, -0.15) is 5.10 Å². The van der Waals surface area contributed by atoms with Crippen molar-refractivity contribution in [3.63, 3.8) is 0 Å². The van der Waals surface area contributed by atoms with E-state index in [-0.39, 0.29) is 0 Å². The molecular weight excluding hydrogens is 375 g/mol. The van der Waals surface area contributed by atoms with E-state index in [2.05, 4.69) is 26.0 Å². The van der Waals surface area contributed by atoms with Crippen LogP contribution in [0.4, 0.5) is 0 Å². The Balaban J connectivity index is 2.39. The summed E-state index contributed by atoms with van der Waals surface area (Å²) in [6.07, 6.45) is 0. The minimum Gasteiger partial charge on any atom is -0.278 e. The Kier molecular flexibility index (Phi) is 3.99. The highest BCUT2D eigenvalue weighted by molar-refractivity contribution is 9.10. The van der Waals surface area contributed by atoms with Gasteiger partial charge in [0.1, 0.15) is 11.3 Å². The summed E-state index contributed by atoms with van der Waals surface area (Å²) in [5.41, 5.74) is 3.54. The summed E-state index contributed by atoms with van der Waals surface area (Å²) in [6.45, 7) is 4.76. The smallest absolute Gasteiger partial charge is 0.163 e. The normalized spacial score (nSPS) is 11.5. The highest BCUT2D eigenvalue weighted by Crippen LogP contribution is 2.30. The number of rotatable bonds is 3. The van der Waals surface area contributed by atoms with Crippen LogP contribution in [0.3, 0.4) is 0 Å². The van der Waals surface area contributed by atoms with E-state index in [9.17, 15) is 0 Å². The van der Waals surface area contributed by atoms with Gasteiger partial charge >= 0.3 is 0 Å². The summed E-state index contributed by atoms with van der Waals surface area (Å²) < 4.78 is 4.84. The van der Waals surface area contributed by atoms with Gasteiger partial charge in [-0.05, 0) is 32.0 Å². The third-order valence-corrected chi connectivity index (χ3v) is 4.39. The standard InChI is InChI=1S/C14H13BrCl2N4/c1-3-20-14-13(8(2)19-20)18-12(7-16)21(14)11-5-4-9(15)6-10(11)17/h4-6H,3,7H2,1-2H3. The molecule has 0 spiro atoms. The molecule has 0 saturated carbocycles. The lowest BCUT2D eigenvalue weighted by atomic mass is 10.3. The van der Waals surface area contributed by atoms with Gasteiger partial charge in [0.2, 0.25) is 0 Å². The monoisotopic (exact) mass is 386 g/mol. The Morgan fingerprint density at radius 1 is 1.33 bits per heavy atom. The number of imidazole rings is 1. The van der Waals surface area contributed by atoms with Crippen LogP contribution in [0.1, 0.15) is 18.4 Å². The number of benzene rings is 1. The molecule has 1 aromatic carbocycles. The van der Waals surface area contributed by atoms with Crippen LogP contribution in [-0.2, 0) is 12.4 Å². The van der Waals surface area contributed by atoms with Crippen LogP contribution in [0.15, 0.2) is 22.7 Å². The summed E-state index contributed by atoms with van der Waals surface area (Å²) in [5.74, 6) is 1.07. The van der Waals surface area contributed by atoms with Crippen molar-refractivity contribution in [3.05, 3.63) is 39.2 Å². The zero-order valence-electron chi connectivity index (χ0n) is 11.6. The molecule has 0 amide bonds. The van der Waals surface area contributed by atoms with Crippen molar-refractivity contribution in [3.8, 4) is 5.69 Å². The zero-order valence-corrected chi connectivity index (χ0v) is 14.7. The molecule has 4 nitrogen and oxygen atoms in total. The van der Waals surface area contributed by atoms with Gasteiger partial charge < -0.3 is 0 Å². The van der Waals surface area contributed by atoms with Crippen LogP contribution in [0.2, 0.25) is 5.02 Å². The highest BCUT2D eigenvalue weighted by atomic mass is 79.9. The van der Waals surface area contributed by atoms with Crippen LogP contribution in [0.5, 0.6) is 0 Å². The van der Waals surface area contributed by atoms with E-state index >= 15 is 0 Å². The molecule has 3 rings (SSSR count). The minimum absolute atomic E-state index is 0.310. The number of alkyl halides is 1. The Morgan fingerprint density at radius 2 is 2.10 bits per heavy atom. The largest absolute Gasteiger partial charge is 0.278 e. The molecule has 0 bridgehead atoms. The SMILES string of the molecule is CCn1nc(C)c2nc(CCl)n(-c3ccc(Br)cc3Cl)c21. The van der Waals surface area contributed by atoms with Crippen molar-refractivity contribution in [2.75, 3.05) is 0 Å². The summed E-state index contributed by atoms with van der Waals surface area (Å²) in [5, 5.41) is 5.15. The summed E-state index contributed by atoms with van der Waals surface area (Å²) in [6, 6.07) is 5.76. The molecule has 0 aliphatic carbocycles. The van der Waals surface area contributed by atoms with Gasteiger partial charge in [0.15, 0.2) is 5.65 Å². The van der Waals surface area contributed by atoms with E-state index in [1.165, 1.54) is 0 Å². The first-order valence-electron chi connectivity index (χ1n) is 6.53. The Morgan fingerprint density at radius 3 is 2.71 bits per heavy atom. The number of aryl methyl sites for hydroxylation is 2. The molecule has 0 unspecified atom stereocenters. The molecule has 3 aromatic rings. The van der Waals surface area contributed by atoms with Crippen molar-refractivity contribution in [1.82, 2.24) is 19.3 Å².